The SMILES string of the molecule is CC(NCC1CCC(=O)N1)c1cc(Cl)ccc1Cl. The van der Waals surface area contributed by atoms with Crippen LogP contribution in [0, 0.1) is 0 Å². The summed E-state index contributed by atoms with van der Waals surface area (Å²) in [7, 11) is 0. The average molecular weight is 287 g/mol. The van der Waals surface area contributed by atoms with Crippen LogP contribution in [0.2, 0.25) is 10.0 Å². The van der Waals surface area contributed by atoms with Crippen molar-refractivity contribution in [3.63, 3.8) is 0 Å². The summed E-state index contributed by atoms with van der Waals surface area (Å²) in [5.41, 5.74) is 0.980. The third-order valence-electron chi connectivity index (χ3n) is 3.18. The van der Waals surface area contributed by atoms with Crippen LogP contribution in [0.25, 0.3) is 0 Å². The van der Waals surface area contributed by atoms with E-state index in [1.54, 1.807) is 12.1 Å². The van der Waals surface area contributed by atoms with Crippen molar-refractivity contribution in [3.8, 4) is 0 Å². The third kappa shape index (κ3) is 3.37. The molecular weight excluding hydrogens is 271 g/mol. The molecule has 0 saturated carbocycles. The molecule has 5 heteroatoms. The van der Waals surface area contributed by atoms with Crippen LogP contribution in [0.5, 0.6) is 0 Å². The molecule has 2 atom stereocenters. The summed E-state index contributed by atoms with van der Waals surface area (Å²) in [6, 6.07) is 5.77. The molecule has 98 valence electrons. The molecule has 1 heterocycles. The van der Waals surface area contributed by atoms with E-state index in [0.717, 1.165) is 18.5 Å². The van der Waals surface area contributed by atoms with Crippen LogP contribution in [-0.4, -0.2) is 18.5 Å². The molecule has 0 aliphatic carbocycles. The number of carbonyl (C=O) groups excluding carboxylic acids is 1. The molecule has 0 bridgehead atoms. The molecule has 2 unspecified atom stereocenters. The molecule has 1 saturated heterocycles. The summed E-state index contributed by atoms with van der Waals surface area (Å²) < 4.78 is 0. The van der Waals surface area contributed by atoms with Gasteiger partial charge in [0.15, 0.2) is 0 Å². The predicted molar refractivity (Wildman–Crippen MR) is 74.0 cm³/mol. The highest BCUT2D eigenvalue weighted by Crippen LogP contribution is 2.26. The Hall–Kier alpha value is -0.770. The molecular formula is C13H16Cl2N2O. The molecule has 0 radical (unpaired) electrons. The lowest BCUT2D eigenvalue weighted by Crippen LogP contribution is -2.36. The Bertz CT molecular complexity index is 451. The summed E-state index contributed by atoms with van der Waals surface area (Å²) in [4.78, 5) is 11.1. The topological polar surface area (TPSA) is 41.1 Å². The number of hydrogen-bond acceptors (Lipinski definition) is 2. The molecule has 3 nitrogen and oxygen atoms in total. The van der Waals surface area contributed by atoms with Gasteiger partial charge in [0.1, 0.15) is 0 Å². The number of carbonyl (C=O) groups is 1. The molecule has 1 amide bonds. The van der Waals surface area contributed by atoms with Crippen molar-refractivity contribution in [1.82, 2.24) is 10.6 Å². The minimum Gasteiger partial charge on any atom is -0.352 e. The van der Waals surface area contributed by atoms with Crippen LogP contribution in [0.4, 0.5) is 0 Å². The zero-order valence-corrected chi connectivity index (χ0v) is 11.7. The zero-order valence-electron chi connectivity index (χ0n) is 10.2. The van der Waals surface area contributed by atoms with Gasteiger partial charge in [-0.15, -0.1) is 0 Å². The number of rotatable bonds is 4. The van der Waals surface area contributed by atoms with Crippen molar-refractivity contribution in [2.24, 2.45) is 0 Å². The summed E-state index contributed by atoms with van der Waals surface area (Å²) in [6.45, 7) is 2.78. The van der Waals surface area contributed by atoms with Gasteiger partial charge in [0.25, 0.3) is 0 Å². The fourth-order valence-electron chi connectivity index (χ4n) is 2.11. The monoisotopic (exact) mass is 286 g/mol. The maximum atomic E-state index is 11.1. The minimum absolute atomic E-state index is 0.105. The molecule has 1 aliphatic rings. The average Bonchev–Trinajstić information content (AvgIpc) is 2.75. The second-order valence-corrected chi connectivity index (χ2v) is 5.44. The van der Waals surface area contributed by atoms with Gasteiger partial charge in [0.2, 0.25) is 5.91 Å². The Morgan fingerprint density at radius 1 is 1.50 bits per heavy atom. The number of nitrogens with one attached hydrogen (secondary N) is 2. The van der Waals surface area contributed by atoms with Gasteiger partial charge in [-0.3, -0.25) is 4.79 Å². The first-order chi connectivity index (χ1) is 8.56. The maximum absolute atomic E-state index is 11.1. The lowest BCUT2D eigenvalue weighted by Gasteiger charge is -2.18. The first kappa shape index (κ1) is 13.7. The first-order valence-corrected chi connectivity index (χ1v) is 6.79. The highest BCUT2D eigenvalue weighted by molar-refractivity contribution is 6.33. The zero-order chi connectivity index (χ0) is 13.1. The number of benzene rings is 1. The van der Waals surface area contributed by atoms with E-state index in [9.17, 15) is 4.79 Å². The van der Waals surface area contributed by atoms with Gasteiger partial charge in [-0.1, -0.05) is 23.2 Å². The van der Waals surface area contributed by atoms with Crippen LogP contribution in [0.15, 0.2) is 18.2 Å². The molecule has 0 spiro atoms. The number of amides is 1. The molecule has 1 aromatic rings. The standard InChI is InChI=1S/C13H16Cl2N2O/c1-8(11-6-9(14)2-4-12(11)15)16-7-10-3-5-13(18)17-10/h2,4,6,8,10,16H,3,5,7H2,1H3,(H,17,18). The Kier molecular flexibility index (Phi) is 4.49. The first-order valence-electron chi connectivity index (χ1n) is 6.04. The summed E-state index contributed by atoms with van der Waals surface area (Å²) in [5, 5.41) is 7.68. The predicted octanol–water partition coefficient (Wildman–Crippen LogP) is 2.92. The second-order valence-electron chi connectivity index (χ2n) is 4.60. The van der Waals surface area contributed by atoms with Crippen LogP contribution in [0.3, 0.4) is 0 Å². The van der Waals surface area contributed by atoms with Gasteiger partial charge >= 0.3 is 0 Å². The lowest BCUT2D eigenvalue weighted by molar-refractivity contribution is -0.119. The Morgan fingerprint density at radius 3 is 2.94 bits per heavy atom. The Balaban J connectivity index is 1.93. The van der Waals surface area contributed by atoms with E-state index in [4.69, 9.17) is 23.2 Å². The van der Waals surface area contributed by atoms with Crippen molar-refractivity contribution in [1.29, 1.82) is 0 Å². The van der Waals surface area contributed by atoms with Crippen LogP contribution in [0.1, 0.15) is 31.4 Å². The Morgan fingerprint density at radius 2 is 2.28 bits per heavy atom. The van der Waals surface area contributed by atoms with Gasteiger partial charge < -0.3 is 10.6 Å². The lowest BCUT2D eigenvalue weighted by atomic mass is 10.1. The van der Waals surface area contributed by atoms with Crippen molar-refractivity contribution >= 4 is 29.1 Å². The Labute approximate surface area is 117 Å². The van der Waals surface area contributed by atoms with Crippen LogP contribution >= 0.6 is 23.2 Å². The number of halogens is 2. The smallest absolute Gasteiger partial charge is 0.220 e. The van der Waals surface area contributed by atoms with Gasteiger partial charge in [0, 0.05) is 35.1 Å². The van der Waals surface area contributed by atoms with E-state index in [2.05, 4.69) is 10.6 Å². The fraction of sp³-hybridized carbons (Fsp3) is 0.462. The van der Waals surface area contributed by atoms with E-state index in [1.807, 2.05) is 13.0 Å². The largest absolute Gasteiger partial charge is 0.352 e. The van der Waals surface area contributed by atoms with Gasteiger partial charge in [-0.2, -0.15) is 0 Å². The minimum atomic E-state index is 0.105. The summed E-state index contributed by atoms with van der Waals surface area (Å²) in [6.07, 6.45) is 1.51. The van der Waals surface area contributed by atoms with Crippen molar-refractivity contribution in [2.75, 3.05) is 6.54 Å². The van der Waals surface area contributed by atoms with Crippen LogP contribution < -0.4 is 10.6 Å². The molecule has 18 heavy (non-hydrogen) atoms. The summed E-state index contributed by atoms with van der Waals surface area (Å²) in [5.74, 6) is 0.134. The molecule has 2 rings (SSSR count). The van der Waals surface area contributed by atoms with Crippen LogP contribution in [-0.2, 0) is 4.79 Å². The molecule has 1 aliphatic heterocycles. The number of hydrogen-bond donors (Lipinski definition) is 2. The molecule has 0 aromatic heterocycles. The second kappa shape index (κ2) is 5.91. The van der Waals surface area contributed by atoms with Crippen molar-refractivity contribution in [3.05, 3.63) is 33.8 Å². The van der Waals surface area contributed by atoms with E-state index in [0.29, 0.717) is 16.5 Å². The van der Waals surface area contributed by atoms with Gasteiger partial charge in [-0.25, -0.2) is 0 Å². The van der Waals surface area contributed by atoms with E-state index in [1.165, 1.54) is 0 Å². The third-order valence-corrected chi connectivity index (χ3v) is 3.76. The van der Waals surface area contributed by atoms with Gasteiger partial charge in [0.05, 0.1) is 0 Å². The highest BCUT2D eigenvalue weighted by atomic mass is 35.5. The molecule has 2 N–H and O–H groups in total. The van der Waals surface area contributed by atoms with E-state index < -0.39 is 0 Å². The van der Waals surface area contributed by atoms with E-state index >= 15 is 0 Å². The maximum Gasteiger partial charge on any atom is 0.220 e. The highest BCUT2D eigenvalue weighted by Gasteiger charge is 2.21. The summed E-state index contributed by atoms with van der Waals surface area (Å²) >= 11 is 12.1. The molecule has 1 aromatic carbocycles. The molecule has 1 fully saturated rings. The normalized spacial score (nSPS) is 20.8. The van der Waals surface area contributed by atoms with Gasteiger partial charge in [-0.05, 0) is 37.1 Å². The fourth-order valence-corrected chi connectivity index (χ4v) is 2.57. The van der Waals surface area contributed by atoms with Crippen molar-refractivity contribution < 1.29 is 4.79 Å². The quantitative estimate of drug-likeness (QED) is 0.894. The van der Waals surface area contributed by atoms with Crippen molar-refractivity contribution in [2.45, 2.75) is 31.8 Å². The van der Waals surface area contributed by atoms with E-state index in [-0.39, 0.29) is 18.0 Å².